The van der Waals surface area contributed by atoms with E-state index in [1.54, 1.807) is 26.0 Å². The summed E-state index contributed by atoms with van der Waals surface area (Å²) in [5, 5.41) is 0.364. The van der Waals surface area contributed by atoms with Crippen LogP contribution in [-0.4, -0.2) is 48.5 Å². The van der Waals surface area contributed by atoms with E-state index >= 15 is 0 Å². The number of nitrogen functional groups attached to an aromatic ring is 1. The minimum atomic E-state index is -0.0456. The molecule has 16 heavy (non-hydrogen) atoms. The van der Waals surface area contributed by atoms with E-state index in [-0.39, 0.29) is 18.4 Å². The fraction of sp³-hybridized carbons (Fsp3) is 0.444. The average Bonchev–Trinajstić information content (AvgIpc) is 2.21. The summed E-state index contributed by atoms with van der Waals surface area (Å²) < 4.78 is 0. The van der Waals surface area contributed by atoms with Crippen molar-refractivity contribution < 1.29 is 4.79 Å². The molecule has 2 N–H and O–H groups in total. The predicted molar refractivity (Wildman–Crippen MR) is 63.4 cm³/mol. The second-order valence-corrected chi connectivity index (χ2v) is 3.95. The first-order valence-corrected chi connectivity index (χ1v) is 4.99. The Morgan fingerprint density at radius 3 is 2.69 bits per heavy atom. The molecule has 0 saturated carbocycles. The van der Waals surface area contributed by atoms with Crippen molar-refractivity contribution in [2.75, 3.05) is 38.3 Å². The summed E-state index contributed by atoms with van der Waals surface area (Å²) in [6.07, 6.45) is 1.41. The van der Waals surface area contributed by atoms with Gasteiger partial charge in [0.05, 0.1) is 12.7 Å². The van der Waals surface area contributed by atoms with E-state index in [1.165, 1.54) is 11.1 Å². The van der Waals surface area contributed by atoms with Crippen LogP contribution in [0.4, 0.5) is 11.8 Å². The van der Waals surface area contributed by atoms with Crippen LogP contribution >= 0.6 is 11.6 Å². The first-order valence-electron chi connectivity index (χ1n) is 4.61. The lowest BCUT2D eigenvalue weighted by atomic mass is 10.4. The fourth-order valence-corrected chi connectivity index (χ4v) is 1.29. The van der Waals surface area contributed by atoms with Crippen LogP contribution in [0.15, 0.2) is 6.20 Å². The van der Waals surface area contributed by atoms with Crippen LogP contribution in [0.1, 0.15) is 0 Å². The molecule has 0 saturated heterocycles. The summed E-state index contributed by atoms with van der Waals surface area (Å²) >= 11 is 5.91. The standard InChI is InChI=1S/C9H14ClN5O/c1-14(2)7(16)5-15(3)8-6(10)4-12-9(11)13-8/h4H,5H2,1-3H3,(H2,11,12,13). The van der Waals surface area contributed by atoms with Gasteiger partial charge >= 0.3 is 0 Å². The molecule has 0 aliphatic rings. The Hall–Kier alpha value is -1.56. The molecule has 0 aromatic carbocycles. The molecule has 0 aliphatic carbocycles. The second-order valence-electron chi connectivity index (χ2n) is 3.54. The number of nitrogens with zero attached hydrogens (tertiary/aromatic N) is 4. The summed E-state index contributed by atoms with van der Waals surface area (Å²) in [7, 11) is 5.09. The number of hydrogen-bond acceptors (Lipinski definition) is 5. The third-order valence-corrected chi connectivity index (χ3v) is 2.24. The van der Waals surface area contributed by atoms with Crippen LogP contribution in [-0.2, 0) is 4.79 Å². The molecular formula is C9H14ClN5O. The average molecular weight is 244 g/mol. The number of carbonyl (C=O) groups is 1. The molecule has 7 heteroatoms. The smallest absolute Gasteiger partial charge is 0.241 e. The van der Waals surface area contributed by atoms with Crippen molar-refractivity contribution in [1.29, 1.82) is 0 Å². The maximum Gasteiger partial charge on any atom is 0.241 e. The second kappa shape index (κ2) is 4.98. The Labute approximate surface area is 99.0 Å². The molecule has 0 atom stereocenters. The molecule has 0 unspecified atom stereocenters. The van der Waals surface area contributed by atoms with E-state index in [9.17, 15) is 4.79 Å². The van der Waals surface area contributed by atoms with E-state index in [2.05, 4.69) is 9.97 Å². The van der Waals surface area contributed by atoms with Gasteiger partial charge in [-0.05, 0) is 0 Å². The van der Waals surface area contributed by atoms with Crippen molar-refractivity contribution in [3.63, 3.8) is 0 Å². The number of halogens is 1. The molecule has 1 heterocycles. The third-order valence-electron chi connectivity index (χ3n) is 1.98. The molecule has 88 valence electrons. The number of amides is 1. The molecule has 0 fully saturated rings. The molecule has 1 rings (SSSR count). The van der Waals surface area contributed by atoms with Gasteiger partial charge in [-0.3, -0.25) is 4.79 Å². The molecule has 0 radical (unpaired) electrons. The van der Waals surface area contributed by atoms with E-state index < -0.39 is 0 Å². The lowest BCUT2D eigenvalue weighted by molar-refractivity contribution is -0.127. The van der Waals surface area contributed by atoms with Gasteiger partial charge in [0.2, 0.25) is 11.9 Å². The quantitative estimate of drug-likeness (QED) is 0.823. The highest BCUT2D eigenvalue weighted by atomic mass is 35.5. The van der Waals surface area contributed by atoms with Crippen molar-refractivity contribution in [3.05, 3.63) is 11.2 Å². The molecule has 1 aromatic rings. The number of aromatic nitrogens is 2. The predicted octanol–water partition coefficient (Wildman–Crippen LogP) is 0.237. The van der Waals surface area contributed by atoms with E-state index in [1.807, 2.05) is 0 Å². The highest BCUT2D eigenvalue weighted by Gasteiger charge is 2.13. The van der Waals surface area contributed by atoms with Gasteiger partial charge in [0.15, 0.2) is 5.82 Å². The minimum Gasteiger partial charge on any atom is -0.368 e. The summed E-state index contributed by atoms with van der Waals surface area (Å²) in [5.41, 5.74) is 5.45. The number of anilines is 2. The Morgan fingerprint density at radius 2 is 2.12 bits per heavy atom. The molecule has 0 spiro atoms. The minimum absolute atomic E-state index is 0.0456. The topological polar surface area (TPSA) is 75.4 Å². The van der Waals surface area contributed by atoms with Gasteiger partial charge in [-0.1, -0.05) is 11.6 Å². The normalized spacial score (nSPS) is 10.0. The molecule has 0 bridgehead atoms. The van der Waals surface area contributed by atoms with Crippen molar-refractivity contribution in [2.45, 2.75) is 0 Å². The lowest BCUT2D eigenvalue weighted by Crippen LogP contribution is -2.35. The van der Waals surface area contributed by atoms with Gasteiger partial charge in [0.1, 0.15) is 5.02 Å². The van der Waals surface area contributed by atoms with Crippen molar-refractivity contribution in [2.24, 2.45) is 0 Å². The number of nitrogens with two attached hydrogens (primary N) is 1. The molecule has 6 nitrogen and oxygen atoms in total. The summed E-state index contributed by atoms with van der Waals surface area (Å²) in [4.78, 5) is 22.3. The number of carbonyl (C=O) groups excluding carboxylic acids is 1. The molecule has 0 aliphatic heterocycles. The first kappa shape index (κ1) is 12.5. The van der Waals surface area contributed by atoms with Gasteiger partial charge in [0.25, 0.3) is 0 Å². The van der Waals surface area contributed by atoms with Crippen LogP contribution < -0.4 is 10.6 Å². The SMILES string of the molecule is CN(C)C(=O)CN(C)c1nc(N)ncc1Cl. The molecule has 1 aromatic heterocycles. The van der Waals surface area contributed by atoms with Crippen LogP contribution in [0.3, 0.4) is 0 Å². The van der Waals surface area contributed by atoms with Crippen LogP contribution in [0.2, 0.25) is 5.02 Å². The van der Waals surface area contributed by atoms with Gasteiger partial charge in [-0.25, -0.2) is 4.98 Å². The van der Waals surface area contributed by atoms with Crippen molar-refractivity contribution in [1.82, 2.24) is 14.9 Å². The highest BCUT2D eigenvalue weighted by molar-refractivity contribution is 6.32. The van der Waals surface area contributed by atoms with Crippen molar-refractivity contribution >= 4 is 29.3 Å². The molecular weight excluding hydrogens is 230 g/mol. The lowest BCUT2D eigenvalue weighted by Gasteiger charge is -2.20. The number of likely N-dealkylation sites (N-methyl/N-ethyl adjacent to an activating group) is 2. The molecule has 1 amide bonds. The van der Waals surface area contributed by atoms with Gasteiger partial charge in [-0.2, -0.15) is 4.98 Å². The number of hydrogen-bond donors (Lipinski definition) is 1. The summed E-state index contributed by atoms with van der Waals surface area (Å²) in [6, 6.07) is 0. The fourth-order valence-electron chi connectivity index (χ4n) is 1.06. The van der Waals surface area contributed by atoms with Gasteiger partial charge < -0.3 is 15.5 Å². The maximum absolute atomic E-state index is 11.5. The van der Waals surface area contributed by atoms with Crippen molar-refractivity contribution in [3.8, 4) is 0 Å². The monoisotopic (exact) mass is 243 g/mol. The van der Waals surface area contributed by atoms with E-state index in [0.717, 1.165) is 0 Å². The first-order chi connectivity index (χ1) is 7.41. The zero-order valence-electron chi connectivity index (χ0n) is 9.44. The summed E-state index contributed by atoms with van der Waals surface area (Å²) in [5.74, 6) is 0.531. The Bertz CT molecular complexity index is 395. The zero-order chi connectivity index (χ0) is 12.3. The third kappa shape index (κ3) is 2.96. The Kier molecular flexibility index (Phi) is 3.89. The Balaban J connectivity index is 2.84. The van der Waals surface area contributed by atoms with E-state index in [0.29, 0.717) is 10.8 Å². The zero-order valence-corrected chi connectivity index (χ0v) is 10.2. The highest BCUT2D eigenvalue weighted by Crippen LogP contribution is 2.21. The van der Waals surface area contributed by atoms with Crippen LogP contribution in [0.25, 0.3) is 0 Å². The van der Waals surface area contributed by atoms with Crippen LogP contribution in [0.5, 0.6) is 0 Å². The van der Waals surface area contributed by atoms with Crippen LogP contribution in [0, 0.1) is 0 Å². The summed E-state index contributed by atoms with van der Waals surface area (Å²) in [6.45, 7) is 0.184. The Morgan fingerprint density at radius 1 is 1.50 bits per heavy atom. The van der Waals surface area contributed by atoms with Gasteiger partial charge in [0, 0.05) is 21.1 Å². The largest absolute Gasteiger partial charge is 0.368 e. The van der Waals surface area contributed by atoms with E-state index in [4.69, 9.17) is 17.3 Å². The van der Waals surface area contributed by atoms with Gasteiger partial charge in [-0.15, -0.1) is 0 Å². The maximum atomic E-state index is 11.5. The number of rotatable bonds is 3.